The van der Waals surface area contributed by atoms with Crippen molar-refractivity contribution in [1.29, 1.82) is 0 Å². The molecule has 2 aliphatic rings. The van der Waals surface area contributed by atoms with Crippen molar-refractivity contribution in [3.8, 4) is 0 Å². The average molecular weight is 497 g/mol. The van der Waals surface area contributed by atoms with Gasteiger partial charge in [0.1, 0.15) is 12.1 Å². The van der Waals surface area contributed by atoms with Gasteiger partial charge < -0.3 is 30.7 Å². The van der Waals surface area contributed by atoms with Crippen molar-refractivity contribution < 1.29 is 28.7 Å². The van der Waals surface area contributed by atoms with Crippen LogP contribution in [0, 0.1) is 23.7 Å². The first-order chi connectivity index (χ1) is 16.7. The van der Waals surface area contributed by atoms with E-state index in [0.29, 0.717) is 24.9 Å². The molecule has 2 atom stereocenters. The third-order valence-corrected chi connectivity index (χ3v) is 7.51. The highest BCUT2D eigenvalue weighted by molar-refractivity contribution is 5.83. The van der Waals surface area contributed by atoms with Crippen LogP contribution in [0.25, 0.3) is 0 Å². The number of urea groups is 2. The van der Waals surface area contributed by atoms with Gasteiger partial charge >= 0.3 is 24.0 Å². The summed E-state index contributed by atoms with van der Waals surface area (Å²) in [5.41, 5.74) is 0. The van der Waals surface area contributed by atoms with Crippen LogP contribution < -0.4 is 21.3 Å². The van der Waals surface area contributed by atoms with Crippen LogP contribution in [0.4, 0.5) is 9.59 Å². The standard InChI is InChI=1S/C25H44N4O6/c1-16(22(30)34-3)28-24(32)26-14-20-9-5-18(6-10-20)13-19-7-11-21(12-8-19)15-27-25(33)29-17(2)23(31)35-4/h16-21H,5-15H2,1-4H3,(H2,26,28,32)(H2,27,29,33). The topological polar surface area (TPSA) is 135 Å². The molecule has 2 fully saturated rings. The summed E-state index contributed by atoms with van der Waals surface area (Å²) in [7, 11) is 2.61. The summed E-state index contributed by atoms with van der Waals surface area (Å²) in [5.74, 6) is 1.57. The van der Waals surface area contributed by atoms with Gasteiger partial charge in [-0.3, -0.25) is 0 Å². The van der Waals surface area contributed by atoms with Crippen molar-refractivity contribution in [3.05, 3.63) is 0 Å². The molecule has 200 valence electrons. The van der Waals surface area contributed by atoms with Crippen molar-refractivity contribution >= 4 is 24.0 Å². The molecule has 0 aromatic rings. The Kier molecular flexibility index (Phi) is 12.1. The molecule has 0 heterocycles. The fourth-order valence-electron chi connectivity index (χ4n) is 5.25. The number of carbonyl (C=O) groups excluding carboxylic acids is 4. The fourth-order valence-corrected chi connectivity index (χ4v) is 5.25. The Morgan fingerprint density at radius 2 is 0.943 bits per heavy atom. The predicted molar refractivity (Wildman–Crippen MR) is 132 cm³/mol. The summed E-state index contributed by atoms with van der Waals surface area (Å²) in [6.07, 6.45) is 10.6. The number of carbonyl (C=O) groups is 4. The first-order valence-corrected chi connectivity index (χ1v) is 13.0. The van der Waals surface area contributed by atoms with Crippen LogP contribution in [0.1, 0.15) is 71.6 Å². The lowest BCUT2D eigenvalue weighted by molar-refractivity contribution is -0.143. The minimum atomic E-state index is -0.658. The lowest BCUT2D eigenvalue weighted by atomic mass is 9.73. The Morgan fingerprint density at radius 1 is 0.629 bits per heavy atom. The lowest BCUT2D eigenvalue weighted by Gasteiger charge is -2.34. The summed E-state index contributed by atoms with van der Waals surface area (Å²) in [6, 6.07) is -1.97. The molecule has 0 aliphatic heterocycles. The van der Waals surface area contributed by atoms with Crippen LogP contribution in [0.15, 0.2) is 0 Å². The predicted octanol–water partition coefficient (Wildman–Crippen LogP) is 2.71. The Bertz CT molecular complexity index is 644. The van der Waals surface area contributed by atoms with Gasteiger partial charge in [0.05, 0.1) is 14.2 Å². The van der Waals surface area contributed by atoms with E-state index >= 15 is 0 Å². The molecule has 0 radical (unpaired) electrons. The third-order valence-electron chi connectivity index (χ3n) is 7.51. The highest BCUT2D eigenvalue weighted by Gasteiger charge is 2.28. The van der Waals surface area contributed by atoms with E-state index in [1.807, 2.05) is 0 Å². The zero-order chi connectivity index (χ0) is 25.8. The van der Waals surface area contributed by atoms with Gasteiger partial charge in [0.2, 0.25) is 0 Å². The van der Waals surface area contributed by atoms with E-state index in [9.17, 15) is 19.2 Å². The van der Waals surface area contributed by atoms with Crippen LogP contribution in [-0.2, 0) is 19.1 Å². The number of rotatable bonds is 10. The molecule has 0 spiro atoms. The smallest absolute Gasteiger partial charge is 0.328 e. The molecule has 4 amide bonds. The van der Waals surface area contributed by atoms with Crippen LogP contribution in [0.5, 0.6) is 0 Å². The molecule has 10 nitrogen and oxygen atoms in total. The minimum Gasteiger partial charge on any atom is -0.467 e. The lowest BCUT2D eigenvalue weighted by Crippen LogP contribution is -2.46. The number of amides is 4. The number of hydrogen-bond acceptors (Lipinski definition) is 6. The van der Waals surface area contributed by atoms with Crippen molar-refractivity contribution in [2.75, 3.05) is 27.3 Å². The molecule has 2 aliphatic carbocycles. The van der Waals surface area contributed by atoms with Crippen LogP contribution in [0.3, 0.4) is 0 Å². The number of nitrogens with one attached hydrogen (secondary N) is 4. The molecule has 0 aromatic heterocycles. The molecule has 2 saturated carbocycles. The first kappa shape index (κ1) is 28.7. The van der Waals surface area contributed by atoms with Crippen LogP contribution in [-0.4, -0.2) is 63.4 Å². The largest absolute Gasteiger partial charge is 0.467 e. The van der Waals surface area contributed by atoms with Gasteiger partial charge in [-0.05, 0) is 69.6 Å². The van der Waals surface area contributed by atoms with Gasteiger partial charge in [0, 0.05) is 13.1 Å². The molecule has 2 rings (SSSR count). The van der Waals surface area contributed by atoms with E-state index in [-0.39, 0.29) is 12.1 Å². The van der Waals surface area contributed by atoms with E-state index in [4.69, 9.17) is 0 Å². The van der Waals surface area contributed by atoms with Crippen molar-refractivity contribution in [1.82, 2.24) is 21.3 Å². The zero-order valence-corrected chi connectivity index (χ0v) is 21.7. The highest BCUT2D eigenvalue weighted by atomic mass is 16.5. The van der Waals surface area contributed by atoms with Crippen LogP contribution >= 0.6 is 0 Å². The normalized spacial score (nSPS) is 25.9. The van der Waals surface area contributed by atoms with Gasteiger partial charge in [-0.15, -0.1) is 0 Å². The Hall–Kier alpha value is -2.52. The van der Waals surface area contributed by atoms with Gasteiger partial charge in [-0.2, -0.15) is 0 Å². The number of esters is 2. The Balaban J connectivity index is 1.56. The maximum Gasteiger partial charge on any atom is 0.328 e. The van der Waals surface area contributed by atoms with Gasteiger partial charge in [0.15, 0.2) is 0 Å². The van der Waals surface area contributed by atoms with Gasteiger partial charge in [-0.1, -0.05) is 25.7 Å². The molecule has 10 heteroatoms. The molecule has 4 N–H and O–H groups in total. The molecule has 0 aromatic carbocycles. The van der Waals surface area contributed by atoms with Crippen molar-refractivity contribution in [2.45, 2.75) is 83.7 Å². The molecular formula is C25H44N4O6. The average Bonchev–Trinajstić information content (AvgIpc) is 2.86. The SMILES string of the molecule is COC(=O)C(C)NC(=O)NCC1CCC(CC2CCC(CNC(=O)NC(C)C(=O)OC)CC2)CC1. The van der Waals surface area contributed by atoms with Gasteiger partial charge in [-0.25, -0.2) is 19.2 Å². The quantitative estimate of drug-likeness (QED) is 0.344. The fraction of sp³-hybridized carbons (Fsp3) is 0.840. The second kappa shape index (κ2) is 14.8. The maximum absolute atomic E-state index is 12.0. The molecule has 0 saturated heterocycles. The van der Waals surface area contributed by atoms with Gasteiger partial charge in [0.25, 0.3) is 0 Å². The molecule has 2 unspecified atom stereocenters. The van der Waals surface area contributed by atoms with E-state index in [0.717, 1.165) is 37.5 Å². The highest BCUT2D eigenvalue weighted by Crippen LogP contribution is 2.38. The third kappa shape index (κ3) is 10.3. The number of ether oxygens (including phenoxy) is 2. The van der Waals surface area contributed by atoms with Crippen LogP contribution in [0.2, 0.25) is 0 Å². The van der Waals surface area contributed by atoms with Crippen molar-refractivity contribution in [2.24, 2.45) is 23.7 Å². The molecule has 0 bridgehead atoms. The summed E-state index contributed by atoms with van der Waals surface area (Å²) in [6.45, 7) is 4.48. The summed E-state index contributed by atoms with van der Waals surface area (Å²) < 4.78 is 9.23. The Labute approximate surface area is 209 Å². The monoisotopic (exact) mass is 496 g/mol. The van der Waals surface area contributed by atoms with E-state index < -0.39 is 24.0 Å². The Morgan fingerprint density at radius 3 is 1.26 bits per heavy atom. The van der Waals surface area contributed by atoms with E-state index in [2.05, 4.69) is 30.7 Å². The summed E-state index contributed by atoms with van der Waals surface area (Å²) in [4.78, 5) is 46.7. The maximum atomic E-state index is 12.0. The van der Waals surface area contributed by atoms with E-state index in [1.165, 1.54) is 46.3 Å². The molecule has 35 heavy (non-hydrogen) atoms. The van der Waals surface area contributed by atoms with Crippen molar-refractivity contribution in [3.63, 3.8) is 0 Å². The summed E-state index contributed by atoms with van der Waals surface area (Å²) >= 11 is 0. The first-order valence-electron chi connectivity index (χ1n) is 13.0. The molecular weight excluding hydrogens is 452 g/mol. The summed E-state index contributed by atoms with van der Waals surface area (Å²) in [5, 5.41) is 11.0. The second-order valence-corrected chi connectivity index (χ2v) is 10.2. The second-order valence-electron chi connectivity index (χ2n) is 10.2. The number of methoxy groups -OCH3 is 2. The van der Waals surface area contributed by atoms with E-state index in [1.54, 1.807) is 13.8 Å². The minimum absolute atomic E-state index is 0.327. The number of hydrogen-bond donors (Lipinski definition) is 4. The zero-order valence-electron chi connectivity index (χ0n) is 21.7.